The molecule has 0 aromatic heterocycles. The van der Waals surface area contributed by atoms with Crippen LogP contribution in [0.3, 0.4) is 0 Å². The average molecular weight is 456 g/mol. The van der Waals surface area contributed by atoms with Gasteiger partial charge in [0.05, 0.1) is 19.4 Å². The lowest BCUT2D eigenvalue weighted by Crippen LogP contribution is -2.34. The third-order valence-electron chi connectivity index (χ3n) is 6.98. The number of rotatable bonds is 4. The molecule has 170 valence electrons. The number of carbonyl (C=O) groups is 2. The number of hydrogen-bond donors (Lipinski definition) is 0. The van der Waals surface area contributed by atoms with Crippen molar-refractivity contribution >= 4 is 22.9 Å². The minimum absolute atomic E-state index is 0.0162. The van der Waals surface area contributed by atoms with E-state index < -0.39 is 5.82 Å². The fraction of sp³-hybridized carbons (Fsp3) is 0.462. The zero-order chi connectivity index (χ0) is 23.4. The highest BCUT2D eigenvalue weighted by molar-refractivity contribution is 8.14. The molecule has 0 saturated carbocycles. The fourth-order valence-corrected chi connectivity index (χ4v) is 5.60. The maximum absolute atomic E-state index is 15.1. The number of hydrogen-bond acceptors (Lipinski definition) is 4. The third kappa shape index (κ3) is 3.83. The van der Waals surface area contributed by atoms with Gasteiger partial charge in [-0.2, -0.15) is 0 Å². The number of imide groups is 1. The van der Waals surface area contributed by atoms with Crippen molar-refractivity contribution in [3.63, 3.8) is 0 Å². The number of benzene rings is 2. The molecular formula is C26H30FNO3S. The monoisotopic (exact) mass is 455 g/mol. The van der Waals surface area contributed by atoms with E-state index in [1.807, 2.05) is 13.0 Å². The van der Waals surface area contributed by atoms with Crippen molar-refractivity contribution in [3.8, 4) is 16.9 Å². The van der Waals surface area contributed by atoms with Crippen molar-refractivity contribution in [2.45, 2.75) is 64.8 Å². The topological polar surface area (TPSA) is 46.6 Å². The summed E-state index contributed by atoms with van der Waals surface area (Å²) in [6.07, 6.45) is 2.20. The molecule has 0 bridgehead atoms. The standard InChI is InChI=1S/C26H30FNO3S/c1-15-9-19-20(26(4,5)8-7-25(19,2)3)12-17(15)18-10-16(11-21(27)23(18)31-6)13-28-22(29)14-32-24(28)30/h9-12H,7-8,13-14H2,1-6H3. The van der Waals surface area contributed by atoms with Gasteiger partial charge in [0.15, 0.2) is 11.6 Å². The third-order valence-corrected chi connectivity index (χ3v) is 7.84. The van der Waals surface area contributed by atoms with Crippen LogP contribution in [0.25, 0.3) is 11.1 Å². The Kier molecular flexibility index (Phi) is 5.64. The Bertz CT molecular complexity index is 1110. The summed E-state index contributed by atoms with van der Waals surface area (Å²) in [5.41, 5.74) is 5.91. The van der Waals surface area contributed by atoms with Gasteiger partial charge in [0.1, 0.15) is 0 Å². The predicted octanol–water partition coefficient (Wildman–Crippen LogP) is 6.35. The number of amides is 2. The van der Waals surface area contributed by atoms with E-state index in [1.165, 1.54) is 29.2 Å². The quantitative estimate of drug-likeness (QED) is 0.539. The Morgan fingerprint density at radius 1 is 1.00 bits per heavy atom. The maximum atomic E-state index is 15.1. The molecule has 4 nitrogen and oxygen atoms in total. The summed E-state index contributed by atoms with van der Waals surface area (Å²) in [6, 6.07) is 7.63. The zero-order valence-corrected chi connectivity index (χ0v) is 20.4. The fourth-order valence-electron chi connectivity index (χ4n) is 4.88. The van der Waals surface area contributed by atoms with Gasteiger partial charge in [0.25, 0.3) is 5.24 Å². The van der Waals surface area contributed by atoms with Gasteiger partial charge in [-0.15, -0.1) is 0 Å². The van der Waals surface area contributed by atoms with Crippen LogP contribution in [-0.2, 0) is 22.2 Å². The molecule has 0 N–H and O–H groups in total. The van der Waals surface area contributed by atoms with Crippen LogP contribution in [0.1, 0.15) is 62.8 Å². The first kappa shape index (κ1) is 22.8. The first-order valence-electron chi connectivity index (χ1n) is 10.9. The van der Waals surface area contributed by atoms with E-state index in [0.29, 0.717) is 11.1 Å². The van der Waals surface area contributed by atoms with Crippen molar-refractivity contribution in [1.82, 2.24) is 4.90 Å². The zero-order valence-electron chi connectivity index (χ0n) is 19.6. The summed E-state index contributed by atoms with van der Waals surface area (Å²) >= 11 is 0.982. The molecule has 0 unspecified atom stereocenters. The molecule has 6 heteroatoms. The van der Waals surface area contributed by atoms with Crippen molar-refractivity contribution in [2.75, 3.05) is 12.9 Å². The molecule has 1 heterocycles. The highest BCUT2D eigenvalue weighted by Crippen LogP contribution is 2.48. The largest absolute Gasteiger partial charge is 0.493 e. The molecule has 4 rings (SSSR count). The second kappa shape index (κ2) is 7.91. The van der Waals surface area contributed by atoms with Crippen LogP contribution in [0.5, 0.6) is 5.75 Å². The van der Waals surface area contributed by atoms with E-state index in [4.69, 9.17) is 4.74 Å². The molecule has 1 saturated heterocycles. The normalized spacial score (nSPS) is 19.3. The Labute approximate surface area is 193 Å². The summed E-state index contributed by atoms with van der Waals surface area (Å²) in [5, 5.41) is -0.290. The van der Waals surface area contributed by atoms with Crippen LogP contribution in [0.2, 0.25) is 0 Å². The maximum Gasteiger partial charge on any atom is 0.289 e. The summed E-state index contributed by atoms with van der Waals surface area (Å²) in [5.74, 6) is -0.424. The number of carbonyl (C=O) groups excluding carboxylic acids is 2. The predicted molar refractivity (Wildman–Crippen MR) is 127 cm³/mol. The summed E-state index contributed by atoms with van der Waals surface area (Å²) < 4.78 is 20.6. The van der Waals surface area contributed by atoms with Crippen LogP contribution in [0, 0.1) is 12.7 Å². The number of fused-ring (bicyclic) bond motifs is 1. The first-order chi connectivity index (χ1) is 14.9. The van der Waals surface area contributed by atoms with Gasteiger partial charge in [-0.25, -0.2) is 4.39 Å². The Balaban J connectivity index is 1.87. The van der Waals surface area contributed by atoms with Crippen LogP contribution in [0.4, 0.5) is 9.18 Å². The Hall–Kier alpha value is -2.34. The molecule has 2 aromatic rings. The second-order valence-electron chi connectivity index (χ2n) is 10.2. The molecular weight excluding hydrogens is 425 g/mol. The SMILES string of the molecule is COc1c(F)cc(CN2C(=O)CSC2=O)cc1-c1cc2c(cc1C)C(C)(C)CCC2(C)C. The lowest BCUT2D eigenvalue weighted by atomic mass is 9.62. The molecule has 2 aliphatic rings. The lowest BCUT2D eigenvalue weighted by Gasteiger charge is -2.42. The van der Waals surface area contributed by atoms with E-state index >= 15 is 4.39 Å². The molecule has 0 spiro atoms. The van der Waals surface area contributed by atoms with Crippen LogP contribution < -0.4 is 4.74 Å². The first-order valence-corrected chi connectivity index (χ1v) is 11.9. The smallest absolute Gasteiger partial charge is 0.289 e. The van der Waals surface area contributed by atoms with Crippen LogP contribution in [0.15, 0.2) is 24.3 Å². The molecule has 1 aliphatic heterocycles. The molecule has 1 aliphatic carbocycles. The summed E-state index contributed by atoms with van der Waals surface area (Å²) in [6.45, 7) is 11.2. The van der Waals surface area contributed by atoms with E-state index in [-0.39, 0.29) is 40.0 Å². The average Bonchev–Trinajstić information content (AvgIpc) is 3.03. The Morgan fingerprint density at radius 2 is 1.62 bits per heavy atom. The van der Waals surface area contributed by atoms with Crippen molar-refractivity contribution in [1.29, 1.82) is 0 Å². The lowest BCUT2D eigenvalue weighted by molar-refractivity contribution is -0.125. The minimum Gasteiger partial charge on any atom is -0.493 e. The second-order valence-corrected chi connectivity index (χ2v) is 11.1. The highest BCUT2D eigenvalue weighted by Gasteiger charge is 2.38. The number of halogens is 1. The van der Waals surface area contributed by atoms with Crippen molar-refractivity contribution < 1.29 is 18.7 Å². The number of ether oxygens (including phenoxy) is 1. The van der Waals surface area contributed by atoms with E-state index in [9.17, 15) is 9.59 Å². The Morgan fingerprint density at radius 3 is 2.19 bits per heavy atom. The van der Waals surface area contributed by atoms with Gasteiger partial charge in [-0.1, -0.05) is 45.5 Å². The summed E-state index contributed by atoms with van der Waals surface area (Å²) in [7, 11) is 1.46. The number of thioether (sulfide) groups is 1. The van der Waals surface area contributed by atoms with Crippen molar-refractivity contribution in [2.24, 2.45) is 0 Å². The van der Waals surface area contributed by atoms with Crippen LogP contribution in [-0.4, -0.2) is 28.9 Å². The van der Waals surface area contributed by atoms with Gasteiger partial charge in [-0.3, -0.25) is 14.5 Å². The highest BCUT2D eigenvalue weighted by atomic mass is 32.2. The van der Waals surface area contributed by atoms with Crippen molar-refractivity contribution in [3.05, 3.63) is 52.3 Å². The molecule has 1 fully saturated rings. The minimum atomic E-state index is -0.497. The molecule has 0 atom stereocenters. The van der Waals surface area contributed by atoms with E-state index in [0.717, 1.165) is 35.7 Å². The number of methoxy groups -OCH3 is 1. The summed E-state index contributed by atoms with van der Waals surface area (Å²) in [4.78, 5) is 25.3. The molecule has 2 amide bonds. The van der Waals surface area contributed by atoms with E-state index in [1.54, 1.807) is 0 Å². The molecule has 2 aromatic carbocycles. The number of nitrogens with zero attached hydrogens (tertiary/aromatic N) is 1. The van der Waals surface area contributed by atoms with Gasteiger partial charge >= 0.3 is 0 Å². The van der Waals surface area contributed by atoms with Gasteiger partial charge in [0.2, 0.25) is 5.91 Å². The van der Waals surface area contributed by atoms with Gasteiger partial charge in [0, 0.05) is 5.56 Å². The molecule has 0 radical (unpaired) electrons. The van der Waals surface area contributed by atoms with Gasteiger partial charge in [-0.05, 0) is 76.6 Å². The van der Waals surface area contributed by atoms with Crippen LogP contribution >= 0.6 is 11.8 Å². The van der Waals surface area contributed by atoms with E-state index in [2.05, 4.69) is 39.8 Å². The number of aryl methyl sites for hydroxylation is 1. The molecule has 32 heavy (non-hydrogen) atoms. The van der Waals surface area contributed by atoms with Gasteiger partial charge < -0.3 is 4.74 Å².